The summed E-state index contributed by atoms with van der Waals surface area (Å²) in [4.78, 5) is 40.5. The van der Waals surface area contributed by atoms with Gasteiger partial charge in [0, 0.05) is 23.2 Å². The van der Waals surface area contributed by atoms with Gasteiger partial charge in [-0.3, -0.25) is 14.0 Å². The largest absolute Gasteiger partial charge is 0.496 e. The summed E-state index contributed by atoms with van der Waals surface area (Å²) < 4.78 is 52.7. The molecule has 2 amide bonds. The minimum Gasteiger partial charge on any atom is -0.496 e. The Morgan fingerprint density at radius 2 is 1.95 bits per heavy atom. The van der Waals surface area contributed by atoms with Crippen molar-refractivity contribution in [3.05, 3.63) is 64.8 Å². The number of alkyl halides is 3. The predicted octanol–water partition coefficient (Wildman–Crippen LogP) is 5.25. The van der Waals surface area contributed by atoms with Crippen molar-refractivity contribution in [3.8, 4) is 17.0 Å². The molecular formula is C29H29ClF3N7O4. The Labute approximate surface area is 255 Å². The molecule has 0 unspecified atom stereocenters. The van der Waals surface area contributed by atoms with Crippen LogP contribution in [0.2, 0.25) is 5.15 Å². The Morgan fingerprint density at radius 1 is 1.20 bits per heavy atom. The second-order valence-corrected chi connectivity index (χ2v) is 11.0. The number of rotatable bonds is 6. The second kappa shape index (κ2) is 11.9. The van der Waals surface area contributed by atoms with Gasteiger partial charge in [0.2, 0.25) is 5.91 Å². The molecule has 44 heavy (non-hydrogen) atoms. The maximum absolute atomic E-state index is 13.1. The lowest BCUT2D eigenvalue weighted by Crippen LogP contribution is -2.50. The third kappa shape index (κ3) is 5.86. The zero-order valence-electron chi connectivity index (χ0n) is 24.1. The summed E-state index contributed by atoms with van der Waals surface area (Å²) in [5, 5.41) is 2.58. The van der Waals surface area contributed by atoms with Gasteiger partial charge in [-0.2, -0.15) is 13.2 Å². The summed E-state index contributed by atoms with van der Waals surface area (Å²) in [5.41, 5.74) is 6.58. The third-order valence-electron chi connectivity index (χ3n) is 7.22. The standard InChI is InChI=1S/C29H29ClF3N7O4/c1-14(2)28(42)39-12-20(44-13-15(39)3)26-38-23(24-25(34)36-11-21(30)40(24)26)18-6-5-16(9-19(18)43-4)27(41)37-22-10-17(7-8-35-22)29(31,32)33/h5-11,14-15,20H,12-13H2,1-4H3,(H2,34,36)(H,35,37,41)/t15-,20+/m0/s1. The van der Waals surface area contributed by atoms with Crippen molar-refractivity contribution in [2.24, 2.45) is 5.92 Å². The van der Waals surface area contributed by atoms with E-state index in [1.165, 1.54) is 25.4 Å². The van der Waals surface area contributed by atoms with Crippen LogP contribution in [0.25, 0.3) is 16.8 Å². The third-order valence-corrected chi connectivity index (χ3v) is 7.48. The van der Waals surface area contributed by atoms with E-state index in [0.29, 0.717) is 22.6 Å². The van der Waals surface area contributed by atoms with Crippen molar-refractivity contribution in [1.82, 2.24) is 24.3 Å². The Morgan fingerprint density at radius 3 is 2.64 bits per heavy atom. The Kier molecular flexibility index (Phi) is 8.40. The summed E-state index contributed by atoms with van der Waals surface area (Å²) in [6, 6.07) is 5.85. The number of nitrogens with zero attached hydrogens (tertiary/aromatic N) is 5. The van der Waals surface area contributed by atoms with E-state index in [1.54, 1.807) is 15.4 Å². The number of anilines is 2. The molecule has 0 saturated carbocycles. The van der Waals surface area contributed by atoms with Crippen LogP contribution in [0.1, 0.15) is 48.6 Å². The molecule has 1 fully saturated rings. The highest BCUT2D eigenvalue weighted by molar-refractivity contribution is 6.30. The van der Waals surface area contributed by atoms with Gasteiger partial charge in [0.15, 0.2) is 0 Å². The number of fused-ring (bicyclic) bond motifs is 1. The maximum atomic E-state index is 13.1. The van der Waals surface area contributed by atoms with Crippen molar-refractivity contribution in [3.63, 3.8) is 0 Å². The second-order valence-electron chi connectivity index (χ2n) is 10.6. The number of pyridine rings is 1. The molecule has 0 spiro atoms. The average Bonchev–Trinajstić information content (AvgIpc) is 3.40. The number of nitrogens with two attached hydrogens (primary N) is 1. The van der Waals surface area contributed by atoms with Gasteiger partial charge in [0.1, 0.15) is 45.7 Å². The van der Waals surface area contributed by atoms with Crippen LogP contribution in [0.5, 0.6) is 5.75 Å². The molecule has 1 aliphatic rings. The molecule has 0 bridgehead atoms. The number of methoxy groups -OCH3 is 1. The smallest absolute Gasteiger partial charge is 0.416 e. The van der Waals surface area contributed by atoms with Gasteiger partial charge in [0.05, 0.1) is 38.1 Å². The first-order chi connectivity index (χ1) is 20.8. The van der Waals surface area contributed by atoms with Crippen LogP contribution >= 0.6 is 11.6 Å². The number of carbonyl (C=O) groups is 2. The normalized spacial score (nSPS) is 17.2. The predicted molar refractivity (Wildman–Crippen MR) is 156 cm³/mol. The van der Waals surface area contributed by atoms with Gasteiger partial charge >= 0.3 is 6.18 Å². The molecule has 1 aromatic carbocycles. The van der Waals surface area contributed by atoms with E-state index < -0.39 is 23.8 Å². The van der Waals surface area contributed by atoms with Crippen molar-refractivity contribution >= 4 is 40.6 Å². The van der Waals surface area contributed by atoms with Gasteiger partial charge in [-0.15, -0.1) is 0 Å². The van der Waals surface area contributed by atoms with Crippen LogP contribution in [0.4, 0.5) is 24.8 Å². The molecule has 11 nitrogen and oxygen atoms in total. The van der Waals surface area contributed by atoms with Crippen LogP contribution in [0, 0.1) is 5.92 Å². The molecule has 0 aliphatic carbocycles. The Balaban J connectivity index is 1.53. The Hall–Kier alpha value is -4.43. The van der Waals surface area contributed by atoms with Crippen LogP contribution in [-0.4, -0.2) is 62.4 Å². The van der Waals surface area contributed by atoms with Crippen molar-refractivity contribution in [1.29, 1.82) is 0 Å². The number of imidazole rings is 1. The quantitative estimate of drug-likeness (QED) is 0.294. The minimum atomic E-state index is -4.60. The first-order valence-electron chi connectivity index (χ1n) is 13.6. The number of nitrogens with one attached hydrogen (secondary N) is 1. The van der Waals surface area contributed by atoms with Gasteiger partial charge in [-0.05, 0) is 37.3 Å². The highest BCUT2D eigenvalue weighted by atomic mass is 35.5. The van der Waals surface area contributed by atoms with Crippen LogP contribution in [0.15, 0.2) is 42.7 Å². The molecule has 3 aromatic heterocycles. The molecule has 0 radical (unpaired) electrons. The van der Waals surface area contributed by atoms with E-state index in [0.717, 1.165) is 18.3 Å². The van der Waals surface area contributed by atoms with E-state index >= 15 is 0 Å². The number of ether oxygens (including phenoxy) is 2. The molecule has 4 heterocycles. The summed E-state index contributed by atoms with van der Waals surface area (Å²) in [7, 11) is 1.39. The molecule has 5 rings (SSSR count). The first-order valence-corrected chi connectivity index (χ1v) is 13.9. The Bertz CT molecular complexity index is 1740. The van der Waals surface area contributed by atoms with Gasteiger partial charge in [-0.25, -0.2) is 15.0 Å². The fraction of sp³-hybridized carbons (Fsp3) is 0.345. The number of hydrogen-bond acceptors (Lipinski definition) is 8. The minimum absolute atomic E-state index is 0.0185. The number of amides is 2. The number of nitrogen functional groups attached to an aromatic ring is 1. The monoisotopic (exact) mass is 631 g/mol. The summed E-state index contributed by atoms with van der Waals surface area (Å²) in [6.07, 6.45) is -2.90. The van der Waals surface area contributed by atoms with Gasteiger partial charge < -0.3 is 25.4 Å². The lowest BCUT2D eigenvalue weighted by Gasteiger charge is -2.38. The van der Waals surface area contributed by atoms with E-state index in [4.69, 9.17) is 31.8 Å². The molecule has 1 aliphatic heterocycles. The van der Waals surface area contributed by atoms with Gasteiger partial charge in [-0.1, -0.05) is 25.4 Å². The number of morpholine rings is 1. The van der Waals surface area contributed by atoms with Gasteiger partial charge in [0.25, 0.3) is 5.91 Å². The number of hydrogen-bond donors (Lipinski definition) is 2. The number of benzene rings is 1. The van der Waals surface area contributed by atoms with Crippen molar-refractivity contribution in [2.75, 3.05) is 31.3 Å². The molecule has 15 heteroatoms. The zero-order chi connectivity index (χ0) is 31.9. The van der Waals surface area contributed by atoms with Crippen LogP contribution in [0.3, 0.4) is 0 Å². The SMILES string of the molecule is COc1cc(C(=O)Nc2cc(C(F)(F)F)ccn2)ccc1-c1nc([C@H]2CN(C(=O)C(C)C)[C@@H](C)CO2)n2c(Cl)cnc(N)c12. The first kappa shape index (κ1) is 31.0. The number of halogens is 4. The average molecular weight is 632 g/mol. The van der Waals surface area contributed by atoms with Crippen LogP contribution in [-0.2, 0) is 15.7 Å². The molecule has 1 saturated heterocycles. The number of aromatic nitrogens is 4. The van der Waals surface area contributed by atoms with E-state index in [1.807, 2.05) is 20.8 Å². The molecular weight excluding hydrogens is 603 g/mol. The molecule has 4 aromatic rings. The molecule has 3 N–H and O–H groups in total. The van der Waals surface area contributed by atoms with Crippen molar-refractivity contribution in [2.45, 2.75) is 39.1 Å². The molecule has 2 atom stereocenters. The maximum Gasteiger partial charge on any atom is 0.416 e. The number of carbonyl (C=O) groups excluding carboxylic acids is 2. The van der Waals surface area contributed by atoms with Crippen molar-refractivity contribution < 1.29 is 32.2 Å². The molecule has 232 valence electrons. The van der Waals surface area contributed by atoms with Crippen LogP contribution < -0.4 is 15.8 Å². The highest BCUT2D eigenvalue weighted by Gasteiger charge is 2.35. The van der Waals surface area contributed by atoms with E-state index in [9.17, 15) is 22.8 Å². The highest BCUT2D eigenvalue weighted by Crippen LogP contribution is 2.39. The summed E-state index contributed by atoms with van der Waals surface area (Å²) in [5.74, 6) is -0.482. The lowest BCUT2D eigenvalue weighted by molar-refractivity contribution is -0.148. The fourth-order valence-corrected chi connectivity index (χ4v) is 5.20. The van der Waals surface area contributed by atoms with E-state index in [-0.39, 0.29) is 59.1 Å². The lowest BCUT2D eigenvalue weighted by atomic mass is 10.1. The topological polar surface area (TPSA) is 137 Å². The summed E-state index contributed by atoms with van der Waals surface area (Å²) in [6.45, 7) is 6.08. The van der Waals surface area contributed by atoms with E-state index in [2.05, 4.69) is 15.3 Å². The zero-order valence-corrected chi connectivity index (χ0v) is 24.9. The summed E-state index contributed by atoms with van der Waals surface area (Å²) >= 11 is 6.60. The fourth-order valence-electron chi connectivity index (χ4n) is 4.98.